The number of hydrogen-bond acceptors (Lipinski definition) is 4. The first-order chi connectivity index (χ1) is 34.2. The van der Waals surface area contributed by atoms with Gasteiger partial charge < -0.3 is 8.98 Å². The van der Waals surface area contributed by atoms with Crippen LogP contribution in [0.4, 0.5) is 0 Å². The Morgan fingerprint density at radius 1 is 0.275 bits per heavy atom. The minimum Gasteiger partial charge on any atom is -0.456 e. The van der Waals surface area contributed by atoms with Gasteiger partial charge in [0.05, 0.1) is 22.1 Å². The summed E-state index contributed by atoms with van der Waals surface area (Å²) in [4.78, 5) is 15.7. The Balaban J connectivity index is 0.937. The molecule has 4 aromatic heterocycles. The molecule has 0 unspecified atom stereocenters. The third-order valence-electron chi connectivity index (χ3n) is 14.1. The van der Waals surface area contributed by atoms with Gasteiger partial charge in [0.1, 0.15) is 11.2 Å². The number of furan rings is 1. The molecular weight excluding hydrogens is 843 g/mol. The maximum absolute atomic E-state index is 6.35. The van der Waals surface area contributed by atoms with Crippen LogP contribution in [0.15, 0.2) is 229 Å². The van der Waals surface area contributed by atoms with Crippen LogP contribution in [-0.2, 0) is 0 Å². The van der Waals surface area contributed by atoms with Crippen molar-refractivity contribution in [3.63, 3.8) is 0 Å². The lowest BCUT2D eigenvalue weighted by Crippen LogP contribution is -2.06. The molecule has 320 valence electrons. The highest BCUT2D eigenvalue weighted by Gasteiger charge is 2.23. The van der Waals surface area contributed by atoms with E-state index in [4.69, 9.17) is 19.4 Å². The predicted octanol–water partition coefficient (Wildman–Crippen LogP) is 16.4. The van der Waals surface area contributed by atoms with Crippen molar-refractivity contribution < 1.29 is 4.42 Å². The molecule has 0 aliphatic rings. The number of aromatic nitrogens is 5. The molecule has 0 spiro atoms. The summed E-state index contributed by atoms with van der Waals surface area (Å²) in [6, 6.07) is 79.9. The number of rotatable bonds is 5. The fraction of sp³-hybridized carbons (Fsp3) is 0. The molecule has 0 radical (unpaired) electrons. The maximum Gasteiger partial charge on any atom is 0.238 e. The van der Waals surface area contributed by atoms with Crippen molar-refractivity contribution in [3.8, 4) is 45.5 Å². The number of para-hydroxylation sites is 3. The van der Waals surface area contributed by atoms with E-state index in [1.807, 2.05) is 54.6 Å². The molecule has 0 aliphatic heterocycles. The molecule has 0 amide bonds. The molecule has 6 heteroatoms. The summed E-state index contributed by atoms with van der Waals surface area (Å²) in [6.45, 7) is 0. The van der Waals surface area contributed by atoms with Crippen molar-refractivity contribution in [2.45, 2.75) is 0 Å². The van der Waals surface area contributed by atoms with Gasteiger partial charge in [0.2, 0.25) is 5.95 Å². The molecule has 15 aromatic rings. The zero-order chi connectivity index (χ0) is 45.2. The second kappa shape index (κ2) is 14.6. The minimum absolute atomic E-state index is 0.543. The van der Waals surface area contributed by atoms with Gasteiger partial charge in [-0.1, -0.05) is 164 Å². The van der Waals surface area contributed by atoms with E-state index in [2.05, 4.69) is 179 Å². The van der Waals surface area contributed by atoms with E-state index in [9.17, 15) is 0 Å². The van der Waals surface area contributed by atoms with Crippen LogP contribution in [0.1, 0.15) is 0 Å². The third kappa shape index (κ3) is 5.63. The molecule has 4 heterocycles. The lowest BCUT2D eigenvalue weighted by Gasteiger charge is -2.13. The smallest absolute Gasteiger partial charge is 0.238 e. The Labute approximate surface area is 394 Å². The number of benzene rings is 11. The Hall–Kier alpha value is -9.39. The summed E-state index contributed by atoms with van der Waals surface area (Å²) in [5.41, 5.74) is 11.1. The van der Waals surface area contributed by atoms with E-state index >= 15 is 0 Å². The van der Waals surface area contributed by atoms with E-state index in [1.54, 1.807) is 0 Å². The topological polar surface area (TPSA) is 61.7 Å². The molecular formula is C63H37N5O. The maximum atomic E-state index is 6.35. The number of fused-ring (bicyclic) bond motifs is 16. The molecule has 0 saturated carbocycles. The molecule has 0 saturated heterocycles. The van der Waals surface area contributed by atoms with Gasteiger partial charge in [0.25, 0.3) is 0 Å². The molecule has 0 bridgehead atoms. The van der Waals surface area contributed by atoms with Gasteiger partial charge in [0, 0.05) is 49.1 Å². The molecule has 15 rings (SSSR count). The number of hydrogen-bond donors (Lipinski definition) is 0. The second-order valence-electron chi connectivity index (χ2n) is 17.9. The van der Waals surface area contributed by atoms with Crippen LogP contribution in [0.5, 0.6) is 0 Å². The van der Waals surface area contributed by atoms with E-state index in [0.29, 0.717) is 17.6 Å². The van der Waals surface area contributed by atoms with Crippen molar-refractivity contribution in [2.24, 2.45) is 0 Å². The first kappa shape index (κ1) is 37.8. The zero-order valence-corrected chi connectivity index (χ0v) is 37.0. The lowest BCUT2D eigenvalue weighted by atomic mass is 9.92. The van der Waals surface area contributed by atoms with E-state index < -0.39 is 0 Å². The van der Waals surface area contributed by atoms with Crippen LogP contribution in [0.3, 0.4) is 0 Å². The normalized spacial score (nSPS) is 12.1. The lowest BCUT2D eigenvalue weighted by molar-refractivity contribution is 0.669. The first-order valence-electron chi connectivity index (χ1n) is 23.3. The van der Waals surface area contributed by atoms with Crippen molar-refractivity contribution in [1.82, 2.24) is 24.1 Å². The Morgan fingerprint density at radius 2 is 0.768 bits per heavy atom. The van der Waals surface area contributed by atoms with Crippen LogP contribution < -0.4 is 0 Å². The predicted molar refractivity (Wildman–Crippen MR) is 285 cm³/mol. The van der Waals surface area contributed by atoms with Crippen LogP contribution in [0.2, 0.25) is 0 Å². The summed E-state index contributed by atoms with van der Waals surface area (Å²) in [5, 5.41) is 14.4. The standard InChI is InChI=1S/C63H37N5O/c1-2-15-38(16-3-1)61-64-62(41-30-32-49-48-23-10-13-28-57(48)69-58(49)37-41)66-63(65-61)68-54-27-12-9-25-51(54)60-56(68)34-33-55-59(60)50-24-8-11-26-53(50)67(55)42-18-14-17-39(35-42)40-29-31-47-45-21-5-4-19-43(45)44-20-6-7-22-46(44)52(47)36-40/h1-37H. The molecule has 11 aromatic carbocycles. The average Bonchev–Trinajstić information content (AvgIpc) is 4.08. The summed E-state index contributed by atoms with van der Waals surface area (Å²) in [6.07, 6.45) is 0. The molecule has 69 heavy (non-hydrogen) atoms. The Kier molecular flexibility index (Phi) is 7.97. The Bertz CT molecular complexity index is 4580. The van der Waals surface area contributed by atoms with Gasteiger partial charge in [0.15, 0.2) is 11.6 Å². The van der Waals surface area contributed by atoms with Crippen LogP contribution in [-0.4, -0.2) is 24.1 Å². The molecule has 0 aliphatic carbocycles. The molecule has 0 fully saturated rings. The summed E-state index contributed by atoms with van der Waals surface area (Å²) < 4.78 is 11.0. The average molecular weight is 880 g/mol. The summed E-state index contributed by atoms with van der Waals surface area (Å²) in [5.74, 6) is 1.70. The van der Waals surface area contributed by atoms with Crippen LogP contribution >= 0.6 is 0 Å². The molecule has 0 atom stereocenters. The third-order valence-corrected chi connectivity index (χ3v) is 14.1. The van der Waals surface area contributed by atoms with Gasteiger partial charge in [-0.25, -0.2) is 4.98 Å². The highest BCUT2D eigenvalue weighted by Crippen LogP contribution is 2.44. The Morgan fingerprint density at radius 3 is 1.48 bits per heavy atom. The van der Waals surface area contributed by atoms with Gasteiger partial charge in [-0.15, -0.1) is 0 Å². The monoisotopic (exact) mass is 879 g/mol. The highest BCUT2D eigenvalue weighted by atomic mass is 16.3. The van der Waals surface area contributed by atoms with Crippen molar-refractivity contribution >= 4 is 97.9 Å². The largest absolute Gasteiger partial charge is 0.456 e. The van der Waals surface area contributed by atoms with E-state index in [1.165, 1.54) is 48.7 Å². The van der Waals surface area contributed by atoms with Gasteiger partial charge >= 0.3 is 0 Å². The van der Waals surface area contributed by atoms with E-state index in [0.717, 1.165) is 77.2 Å². The number of nitrogens with zero attached hydrogens (tertiary/aromatic N) is 5. The molecule has 6 nitrogen and oxygen atoms in total. The zero-order valence-electron chi connectivity index (χ0n) is 37.0. The summed E-state index contributed by atoms with van der Waals surface area (Å²) >= 11 is 0. The summed E-state index contributed by atoms with van der Waals surface area (Å²) in [7, 11) is 0. The fourth-order valence-corrected chi connectivity index (χ4v) is 11.1. The van der Waals surface area contributed by atoms with Gasteiger partial charge in [-0.3, -0.25) is 4.57 Å². The second-order valence-corrected chi connectivity index (χ2v) is 17.9. The van der Waals surface area contributed by atoms with Crippen molar-refractivity contribution in [3.05, 3.63) is 224 Å². The quantitative estimate of drug-likeness (QED) is 0.162. The van der Waals surface area contributed by atoms with Crippen molar-refractivity contribution in [2.75, 3.05) is 0 Å². The first-order valence-corrected chi connectivity index (χ1v) is 23.3. The van der Waals surface area contributed by atoms with Crippen LogP contribution in [0.25, 0.3) is 143 Å². The SMILES string of the molecule is c1ccc(-c2nc(-c3ccc4c(c3)oc3ccccc34)nc(-n3c4ccccc4c4c5c6ccccc6n(-c6cccc(-c7ccc8c9ccccc9c9ccccc9c8c7)c6)c5ccc43)n2)cc1. The molecule has 0 N–H and O–H groups in total. The van der Waals surface area contributed by atoms with E-state index in [-0.39, 0.29) is 0 Å². The van der Waals surface area contributed by atoms with Gasteiger partial charge in [-0.2, -0.15) is 9.97 Å². The van der Waals surface area contributed by atoms with Crippen LogP contribution in [0, 0.1) is 0 Å². The minimum atomic E-state index is 0.543. The fourth-order valence-electron chi connectivity index (χ4n) is 11.1. The van der Waals surface area contributed by atoms with Crippen molar-refractivity contribution in [1.29, 1.82) is 0 Å². The van der Waals surface area contributed by atoms with Gasteiger partial charge in [-0.05, 0) is 104 Å². The highest BCUT2D eigenvalue weighted by molar-refractivity contribution is 6.29.